The smallest absolute Gasteiger partial charge is 0.295 e. The summed E-state index contributed by atoms with van der Waals surface area (Å²) in [5.41, 5.74) is 0.855. The second kappa shape index (κ2) is 10.3. The average molecular weight is 484 g/mol. The van der Waals surface area contributed by atoms with E-state index in [0.29, 0.717) is 40.7 Å². The number of amides is 1. The van der Waals surface area contributed by atoms with Gasteiger partial charge in [-0.1, -0.05) is 12.1 Å². The van der Waals surface area contributed by atoms with Gasteiger partial charge in [-0.25, -0.2) is 0 Å². The summed E-state index contributed by atoms with van der Waals surface area (Å²) in [7, 11) is 5.98. The second-order valence-electron chi connectivity index (χ2n) is 8.28. The van der Waals surface area contributed by atoms with Crippen LogP contribution < -0.4 is 18.9 Å². The molecule has 4 rings (SSSR count). The fourth-order valence-electron chi connectivity index (χ4n) is 4.61. The summed E-state index contributed by atoms with van der Waals surface area (Å²) in [6.07, 6.45) is 1.46. The summed E-state index contributed by atoms with van der Waals surface area (Å²) < 4.78 is 27.4. The Hall–Kier alpha value is -3.72. The van der Waals surface area contributed by atoms with Crippen molar-refractivity contribution in [1.29, 1.82) is 0 Å². The summed E-state index contributed by atoms with van der Waals surface area (Å²) >= 11 is 0. The molecule has 9 nitrogen and oxygen atoms in total. The van der Waals surface area contributed by atoms with Crippen LogP contribution in [0.1, 0.15) is 30.0 Å². The number of hydrogen-bond acceptors (Lipinski definition) is 8. The van der Waals surface area contributed by atoms with E-state index >= 15 is 0 Å². The van der Waals surface area contributed by atoms with Gasteiger partial charge in [0, 0.05) is 18.7 Å². The molecule has 0 aliphatic carbocycles. The van der Waals surface area contributed by atoms with E-state index in [9.17, 15) is 14.7 Å². The Morgan fingerprint density at radius 3 is 2.31 bits per heavy atom. The molecule has 2 aromatic rings. The molecule has 0 aromatic heterocycles. The molecule has 1 amide bonds. The fraction of sp³-hybridized carbons (Fsp3) is 0.385. The first-order valence-electron chi connectivity index (χ1n) is 11.3. The van der Waals surface area contributed by atoms with Gasteiger partial charge in [-0.05, 0) is 42.7 Å². The van der Waals surface area contributed by atoms with Crippen LogP contribution in [0.4, 0.5) is 0 Å². The maximum absolute atomic E-state index is 13.3. The lowest BCUT2D eigenvalue weighted by atomic mass is 9.94. The van der Waals surface area contributed by atoms with E-state index < -0.39 is 17.7 Å². The molecule has 1 N–H and O–H groups in total. The Morgan fingerprint density at radius 2 is 1.74 bits per heavy atom. The summed E-state index contributed by atoms with van der Waals surface area (Å²) in [5, 5.41) is 11.3. The lowest BCUT2D eigenvalue weighted by Crippen LogP contribution is -2.36. The molecule has 2 aliphatic heterocycles. The number of likely N-dealkylation sites (tertiary alicyclic amines) is 1. The highest BCUT2D eigenvalue weighted by molar-refractivity contribution is 6.46. The number of hydrogen-bond donors (Lipinski definition) is 1. The van der Waals surface area contributed by atoms with E-state index in [-0.39, 0.29) is 24.0 Å². The second-order valence-corrected chi connectivity index (χ2v) is 8.28. The number of carbonyl (C=O) groups is 2. The van der Waals surface area contributed by atoms with Crippen molar-refractivity contribution in [2.24, 2.45) is 0 Å². The molecule has 0 spiro atoms. The van der Waals surface area contributed by atoms with Gasteiger partial charge in [0.2, 0.25) is 5.75 Å². The Balaban J connectivity index is 1.91. The molecule has 0 unspecified atom stereocenters. The predicted molar refractivity (Wildman–Crippen MR) is 127 cm³/mol. The van der Waals surface area contributed by atoms with Gasteiger partial charge >= 0.3 is 0 Å². The van der Waals surface area contributed by atoms with Crippen LogP contribution >= 0.6 is 0 Å². The van der Waals surface area contributed by atoms with E-state index in [1.807, 2.05) is 0 Å². The zero-order valence-electron chi connectivity index (χ0n) is 20.2. The molecular formula is C26H29NO8. The van der Waals surface area contributed by atoms with Crippen LogP contribution in [-0.4, -0.2) is 69.4 Å². The summed E-state index contributed by atoms with van der Waals surface area (Å²) in [6.45, 7) is 0.814. The van der Waals surface area contributed by atoms with E-state index in [4.69, 9.17) is 23.7 Å². The number of ether oxygens (including phenoxy) is 5. The highest BCUT2D eigenvalue weighted by atomic mass is 16.5. The van der Waals surface area contributed by atoms with Crippen LogP contribution in [0.5, 0.6) is 23.0 Å². The highest BCUT2D eigenvalue weighted by Gasteiger charge is 2.47. The number of Topliss-reactive ketones (excluding diaryl/α,β-unsaturated/α-hetero) is 1. The Labute approximate surface area is 203 Å². The third kappa shape index (κ3) is 4.51. The molecule has 2 aromatic carbocycles. The quantitative estimate of drug-likeness (QED) is 0.347. The monoisotopic (exact) mass is 483 g/mol. The van der Waals surface area contributed by atoms with E-state index in [0.717, 1.165) is 12.8 Å². The van der Waals surface area contributed by atoms with Crippen LogP contribution in [0.25, 0.3) is 5.76 Å². The van der Waals surface area contributed by atoms with E-state index in [2.05, 4.69) is 0 Å². The molecule has 186 valence electrons. The van der Waals surface area contributed by atoms with Crippen LogP contribution in [0, 0.1) is 0 Å². The molecule has 2 fully saturated rings. The number of aliphatic hydroxyl groups is 1. The number of carbonyl (C=O) groups excluding carboxylic acids is 2. The first-order valence-corrected chi connectivity index (χ1v) is 11.3. The molecule has 2 saturated heterocycles. The zero-order valence-corrected chi connectivity index (χ0v) is 20.2. The zero-order chi connectivity index (χ0) is 25.1. The molecule has 2 aliphatic rings. The van der Waals surface area contributed by atoms with Crippen LogP contribution in [0.2, 0.25) is 0 Å². The molecule has 2 heterocycles. The lowest BCUT2D eigenvalue weighted by Gasteiger charge is -2.28. The van der Waals surface area contributed by atoms with Crippen molar-refractivity contribution >= 4 is 17.4 Å². The van der Waals surface area contributed by atoms with E-state index in [1.165, 1.54) is 33.3 Å². The van der Waals surface area contributed by atoms with Gasteiger partial charge in [-0.2, -0.15) is 0 Å². The maximum Gasteiger partial charge on any atom is 0.295 e. The molecular weight excluding hydrogens is 454 g/mol. The SMILES string of the molecule is COc1cccc(C(O)=C2C(=O)C(=O)N(C[C@H]3CCCO3)[C@H]2c2cc(OC)c(OC)c(OC)c2)c1. The minimum absolute atomic E-state index is 0.0319. The maximum atomic E-state index is 13.3. The van der Waals surface area contributed by atoms with Crippen LogP contribution in [0.3, 0.4) is 0 Å². The molecule has 0 bridgehead atoms. The Morgan fingerprint density at radius 1 is 1.03 bits per heavy atom. The Kier molecular flexibility index (Phi) is 7.16. The van der Waals surface area contributed by atoms with Gasteiger partial charge in [0.05, 0.1) is 46.2 Å². The fourth-order valence-corrected chi connectivity index (χ4v) is 4.61. The van der Waals surface area contributed by atoms with E-state index in [1.54, 1.807) is 36.4 Å². The number of methoxy groups -OCH3 is 4. The van der Waals surface area contributed by atoms with Gasteiger partial charge in [-0.3, -0.25) is 9.59 Å². The van der Waals surface area contributed by atoms with Crippen molar-refractivity contribution in [3.8, 4) is 23.0 Å². The molecule has 2 atom stereocenters. The van der Waals surface area contributed by atoms with Crippen molar-refractivity contribution in [3.63, 3.8) is 0 Å². The molecule has 0 saturated carbocycles. The summed E-state index contributed by atoms with van der Waals surface area (Å²) in [4.78, 5) is 28.0. The Bertz CT molecular complexity index is 1130. The molecule has 9 heteroatoms. The third-order valence-corrected chi connectivity index (χ3v) is 6.31. The van der Waals surface area contributed by atoms with Crippen LogP contribution in [-0.2, 0) is 14.3 Å². The predicted octanol–water partition coefficient (Wildman–Crippen LogP) is 3.32. The molecule has 0 radical (unpaired) electrons. The normalized spacial score (nSPS) is 21.3. The topological polar surface area (TPSA) is 104 Å². The van der Waals surface area contributed by atoms with Crippen molar-refractivity contribution in [3.05, 3.63) is 53.1 Å². The minimum Gasteiger partial charge on any atom is -0.507 e. The summed E-state index contributed by atoms with van der Waals surface area (Å²) in [5.74, 6) is -0.159. The lowest BCUT2D eigenvalue weighted by molar-refractivity contribution is -0.140. The van der Waals surface area contributed by atoms with Gasteiger partial charge in [-0.15, -0.1) is 0 Å². The van der Waals surface area contributed by atoms with Gasteiger partial charge < -0.3 is 33.7 Å². The van der Waals surface area contributed by atoms with Gasteiger partial charge in [0.25, 0.3) is 11.7 Å². The first kappa shape index (κ1) is 24.4. The minimum atomic E-state index is -0.890. The van der Waals surface area contributed by atoms with Crippen LogP contribution in [0.15, 0.2) is 42.0 Å². The number of ketones is 1. The van der Waals surface area contributed by atoms with Gasteiger partial charge in [0.15, 0.2) is 11.5 Å². The van der Waals surface area contributed by atoms with Crippen molar-refractivity contribution in [1.82, 2.24) is 4.90 Å². The number of rotatable bonds is 8. The van der Waals surface area contributed by atoms with Gasteiger partial charge in [0.1, 0.15) is 11.5 Å². The largest absolute Gasteiger partial charge is 0.507 e. The molecule has 35 heavy (non-hydrogen) atoms. The summed E-state index contributed by atoms with van der Waals surface area (Å²) in [6, 6.07) is 9.15. The van der Waals surface area contributed by atoms with Crippen molar-refractivity contribution in [2.75, 3.05) is 41.6 Å². The highest BCUT2D eigenvalue weighted by Crippen LogP contribution is 2.46. The average Bonchev–Trinajstić information content (AvgIpc) is 3.49. The standard InChI is InChI=1S/C26H29NO8/c1-31-17-8-5-7-15(11-17)23(28)21-22(16-12-19(32-2)25(34-4)20(13-16)33-3)27(26(30)24(21)29)14-18-9-6-10-35-18/h5,7-8,11-13,18,22,28H,6,9-10,14H2,1-4H3/t18-,22+/m1/s1. The number of aliphatic hydroxyl groups excluding tert-OH is 1. The first-order chi connectivity index (χ1) is 16.9. The number of nitrogens with zero attached hydrogens (tertiary/aromatic N) is 1. The third-order valence-electron chi connectivity index (χ3n) is 6.31. The number of benzene rings is 2. The van der Waals surface area contributed by atoms with Crippen molar-refractivity contribution < 1.29 is 38.4 Å². The van der Waals surface area contributed by atoms with Crippen molar-refractivity contribution in [2.45, 2.75) is 25.0 Å².